The van der Waals surface area contributed by atoms with Crippen LogP contribution in [0.1, 0.15) is 37.4 Å². The highest BCUT2D eigenvalue weighted by molar-refractivity contribution is 6.10. The van der Waals surface area contributed by atoms with Crippen molar-refractivity contribution in [2.45, 2.75) is 20.1 Å². The van der Waals surface area contributed by atoms with E-state index in [1.807, 2.05) is 0 Å². The molecule has 0 atom stereocenters. The molecule has 13 heteroatoms. The van der Waals surface area contributed by atoms with Crippen LogP contribution >= 0.6 is 0 Å². The molecule has 13 nitrogen and oxygen atoms in total. The number of carboxylic acid groups (broad SMARTS) is 1. The number of ether oxygens (including phenoxy) is 2. The summed E-state index contributed by atoms with van der Waals surface area (Å²) in [5.74, 6) is 0.355. The topological polar surface area (TPSA) is 179 Å². The lowest BCUT2D eigenvalue weighted by Gasteiger charge is -2.12. The molecule has 0 saturated carbocycles. The number of nitro groups is 1. The molecule has 5 rings (SSSR count). The van der Waals surface area contributed by atoms with Gasteiger partial charge in [0.25, 0.3) is 11.6 Å². The lowest BCUT2D eigenvalue weighted by molar-refractivity contribution is -0.385. The first-order chi connectivity index (χ1) is 23.2. The van der Waals surface area contributed by atoms with Gasteiger partial charge in [-0.25, -0.2) is 9.68 Å². The van der Waals surface area contributed by atoms with Crippen molar-refractivity contribution in [2.75, 3.05) is 10.8 Å². The Bertz CT molecular complexity index is 1930. The number of nitro benzene ring substituents is 1. The highest BCUT2D eigenvalue weighted by Crippen LogP contribution is 2.30. The highest BCUT2D eigenvalue weighted by atomic mass is 17.1. The van der Waals surface area contributed by atoms with Crippen LogP contribution in [-0.4, -0.2) is 27.2 Å². The van der Waals surface area contributed by atoms with Crippen LogP contribution in [0.25, 0.3) is 0 Å². The first kappa shape index (κ1) is 33.1. The maximum Gasteiger partial charge on any atom is 0.336 e. The molecule has 48 heavy (non-hydrogen) atoms. The van der Waals surface area contributed by atoms with E-state index in [1.165, 1.54) is 30.3 Å². The van der Waals surface area contributed by atoms with Crippen molar-refractivity contribution < 1.29 is 44.1 Å². The maximum atomic E-state index is 12.8. The number of carbonyl (C=O) groups is 2. The number of aryl methyl sites for hydroxylation is 1. The highest BCUT2D eigenvalue weighted by Gasteiger charge is 2.17. The number of carbonyl (C=O) groups excluding carboxylic acids is 1. The van der Waals surface area contributed by atoms with Crippen LogP contribution in [0.15, 0.2) is 109 Å². The standard InChI is InChI=1S/C35H29N3O10/c1-22-5-16-32(35(40)41)33(17-22)34(39)36-25-7-12-28(13-8-25)47-30-3-2-4-31(19-30)48-29-14-9-26(10-15-29)37-45-20-24-18-27(38(42)43)11-6-23(24)21-46-44/h2-19,37,44H,20-21H2,1H3,(H,36,39)(H,40,41). The predicted octanol–water partition coefficient (Wildman–Crippen LogP) is 7.97. The molecule has 0 aromatic heterocycles. The molecule has 4 N–H and O–H groups in total. The summed E-state index contributed by atoms with van der Waals surface area (Å²) in [6.07, 6.45) is 0. The molecule has 1 amide bonds. The van der Waals surface area contributed by atoms with E-state index in [0.29, 0.717) is 45.5 Å². The predicted molar refractivity (Wildman–Crippen MR) is 174 cm³/mol. The minimum absolute atomic E-state index is 0.0240. The zero-order valence-electron chi connectivity index (χ0n) is 25.4. The van der Waals surface area contributed by atoms with E-state index in [1.54, 1.807) is 85.8 Å². The number of hydrogen-bond acceptors (Lipinski definition) is 10. The molecular formula is C35H29N3O10. The van der Waals surface area contributed by atoms with E-state index >= 15 is 0 Å². The summed E-state index contributed by atoms with van der Waals surface area (Å²) < 4.78 is 11.9. The van der Waals surface area contributed by atoms with Crippen molar-refractivity contribution in [1.29, 1.82) is 0 Å². The van der Waals surface area contributed by atoms with Gasteiger partial charge in [0, 0.05) is 23.9 Å². The SMILES string of the molecule is Cc1ccc(C(=O)O)c(C(=O)Nc2ccc(Oc3cccc(Oc4ccc(NOCc5cc([N+](=O)[O-])ccc5COO)cc4)c3)cc2)c1. The van der Waals surface area contributed by atoms with Crippen molar-refractivity contribution >= 4 is 28.9 Å². The van der Waals surface area contributed by atoms with Gasteiger partial charge in [0.2, 0.25) is 0 Å². The second kappa shape index (κ2) is 15.3. The molecule has 5 aromatic rings. The minimum atomic E-state index is -1.18. The van der Waals surface area contributed by atoms with Gasteiger partial charge in [-0.2, -0.15) is 0 Å². The zero-order valence-corrected chi connectivity index (χ0v) is 25.4. The molecule has 5 aromatic carbocycles. The smallest absolute Gasteiger partial charge is 0.336 e. The van der Waals surface area contributed by atoms with Crippen LogP contribution in [0.5, 0.6) is 23.0 Å². The fourth-order valence-electron chi connectivity index (χ4n) is 4.57. The van der Waals surface area contributed by atoms with E-state index in [4.69, 9.17) is 19.6 Å². The number of rotatable bonds is 14. The van der Waals surface area contributed by atoms with Crippen LogP contribution in [0.4, 0.5) is 17.1 Å². The first-order valence-electron chi connectivity index (χ1n) is 14.4. The average Bonchev–Trinajstić information content (AvgIpc) is 3.07. The lowest BCUT2D eigenvalue weighted by Crippen LogP contribution is -2.16. The van der Waals surface area contributed by atoms with Crippen LogP contribution in [0.2, 0.25) is 0 Å². The van der Waals surface area contributed by atoms with Gasteiger partial charge in [-0.05, 0) is 96.9 Å². The first-order valence-corrected chi connectivity index (χ1v) is 14.4. The number of anilines is 2. The molecule has 0 radical (unpaired) electrons. The molecule has 0 aliphatic carbocycles. The van der Waals surface area contributed by atoms with Gasteiger partial charge in [-0.1, -0.05) is 17.7 Å². The third-order valence-electron chi connectivity index (χ3n) is 6.93. The normalized spacial score (nSPS) is 10.6. The summed E-state index contributed by atoms with van der Waals surface area (Å²) in [4.78, 5) is 44.6. The number of aromatic carboxylic acids is 1. The second-order valence-corrected chi connectivity index (χ2v) is 10.4. The van der Waals surface area contributed by atoms with Gasteiger partial charge in [-0.15, -0.1) is 0 Å². The Morgan fingerprint density at radius 2 is 1.38 bits per heavy atom. The summed E-state index contributed by atoms with van der Waals surface area (Å²) >= 11 is 0. The van der Waals surface area contributed by atoms with E-state index in [2.05, 4.69) is 15.7 Å². The minimum Gasteiger partial charge on any atom is -0.478 e. The quantitative estimate of drug-likeness (QED) is 0.0520. The number of nitrogens with one attached hydrogen (secondary N) is 2. The molecule has 244 valence electrons. The van der Waals surface area contributed by atoms with Crippen LogP contribution in [0.3, 0.4) is 0 Å². The van der Waals surface area contributed by atoms with Gasteiger partial charge in [-0.3, -0.25) is 30.5 Å². The third kappa shape index (κ3) is 8.70. The Balaban J connectivity index is 1.15. The Labute approximate surface area is 273 Å². The average molecular weight is 652 g/mol. The maximum absolute atomic E-state index is 12.8. The van der Waals surface area contributed by atoms with Gasteiger partial charge >= 0.3 is 5.97 Å². The Morgan fingerprint density at radius 3 is 1.98 bits per heavy atom. The molecule has 0 fully saturated rings. The Hall–Kier alpha value is -6.28. The molecule has 0 spiro atoms. The fourth-order valence-corrected chi connectivity index (χ4v) is 4.57. The van der Waals surface area contributed by atoms with Crippen molar-refractivity contribution in [2.24, 2.45) is 0 Å². The number of benzene rings is 5. The summed E-state index contributed by atoms with van der Waals surface area (Å²) in [5.41, 5.74) is 5.51. The van der Waals surface area contributed by atoms with E-state index in [-0.39, 0.29) is 30.0 Å². The molecule has 0 bridgehead atoms. The molecule has 0 heterocycles. The van der Waals surface area contributed by atoms with Crippen LogP contribution in [-0.2, 0) is 22.9 Å². The molecule has 0 unspecified atom stereocenters. The summed E-state index contributed by atoms with van der Waals surface area (Å²) in [7, 11) is 0. The van der Waals surface area contributed by atoms with Crippen molar-refractivity contribution in [3.05, 3.63) is 147 Å². The zero-order chi connectivity index (χ0) is 34.0. The summed E-state index contributed by atoms with van der Waals surface area (Å²) in [5, 5.41) is 32.1. The number of hydrogen-bond donors (Lipinski definition) is 4. The van der Waals surface area contributed by atoms with E-state index in [0.717, 1.165) is 5.56 Å². The largest absolute Gasteiger partial charge is 0.478 e. The Morgan fingerprint density at radius 1 is 0.729 bits per heavy atom. The van der Waals surface area contributed by atoms with E-state index in [9.17, 15) is 24.8 Å². The second-order valence-electron chi connectivity index (χ2n) is 10.4. The lowest BCUT2D eigenvalue weighted by atomic mass is 10.0. The molecular weight excluding hydrogens is 622 g/mol. The van der Waals surface area contributed by atoms with Gasteiger partial charge in [0.05, 0.1) is 21.7 Å². The number of nitrogens with zero attached hydrogens (tertiary/aromatic N) is 1. The number of amides is 1. The van der Waals surface area contributed by atoms with Gasteiger partial charge in [0.1, 0.15) is 36.2 Å². The number of non-ortho nitro benzene ring substituents is 1. The Kier molecular flexibility index (Phi) is 10.6. The summed E-state index contributed by atoms with van der Waals surface area (Å²) in [6.45, 7) is 1.61. The molecule has 0 aliphatic rings. The number of carboxylic acids is 1. The van der Waals surface area contributed by atoms with Crippen molar-refractivity contribution in [1.82, 2.24) is 0 Å². The monoisotopic (exact) mass is 651 g/mol. The van der Waals surface area contributed by atoms with Crippen molar-refractivity contribution in [3.8, 4) is 23.0 Å². The van der Waals surface area contributed by atoms with Gasteiger partial charge < -0.3 is 19.9 Å². The van der Waals surface area contributed by atoms with E-state index < -0.39 is 16.8 Å². The van der Waals surface area contributed by atoms with Crippen molar-refractivity contribution in [3.63, 3.8) is 0 Å². The van der Waals surface area contributed by atoms with Crippen LogP contribution < -0.4 is 20.3 Å². The fraction of sp³-hybridized carbons (Fsp3) is 0.0857. The van der Waals surface area contributed by atoms with Crippen LogP contribution in [0, 0.1) is 17.0 Å². The van der Waals surface area contributed by atoms with Gasteiger partial charge in [0.15, 0.2) is 0 Å². The third-order valence-corrected chi connectivity index (χ3v) is 6.93. The molecule has 0 aliphatic heterocycles. The summed E-state index contributed by atoms with van der Waals surface area (Å²) in [6, 6.07) is 29.3. The molecule has 0 saturated heterocycles.